The van der Waals surface area contributed by atoms with E-state index in [2.05, 4.69) is 47.5 Å². The Morgan fingerprint density at radius 3 is 2.55 bits per heavy atom. The van der Waals surface area contributed by atoms with Crippen LogP contribution in [0.4, 0.5) is 0 Å². The highest BCUT2D eigenvalue weighted by Gasteiger charge is 2.23. The Morgan fingerprint density at radius 1 is 1.19 bits per heavy atom. The topological polar surface area (TPSA) is 44.8 Å². The van der Waals surface area contributed by atoms with Gasteiger partial charge in [-0.1, -0.05) is 48.9 Å². The Morgan fingerprint density at radius 2 is 1.90 bits per heavy atom. The van der Waals surface area contributed by atoms with Crippen LogP contribution in [0.3, 0.4) is 0 Å². The summed E-state index contributed by atoms with van der Waals surface area (Å²) in [6.45, 7) is 6.79. The first-order chi connectivity index (χ1) is 14.9. The molecule has 31 heavy (non-hydrogen) atoms. The molecular weight excluding hydrogens is 410 g/mol. The van der Waals surface area contributed by atoms with Crippen LogP contribution in [0.25, 0.3) is 0 Å². The van der Waals surface area contributed by atoms with Crippen molar-refractivity contribution >= 4 is 17.5 Å². The van der Waals surface area contributed by atoms with Crippen molar-refractivity contribution in [1.82, 2.24) is 15.1 Å². The van der Waals surface area contributed by atoms with Gasteiger partial charge in [0, 0.05) is 38.3 Å². The molecule has 2 aromatic carbocycles. The van der Waals surface area contributed by atoms with Crippen LogP contribution < -0.4 is 10.1 Å². The second-order valence-corrected chi connectivity index (χ2v) is 9.04. The SMILES string of the molecule is C[C@@H](CN1CCC(Oc2ccc(C(=O)NCCN(C)C)cc2Cl)CC1)c1ccccc1. The Bertz CT molecular complexity index is 836. The monoisotopic (exact) mass is 443 g/mol. The van der Waals surface area contributed by atoms with Crippen molar-refractivity contribution in [3.63, 3.8) is 0 Å². The quantitative estimate of drug-likeness (QED) is 0.628. The van der Waals surface area contributed by atoms with Gasteiger partial charge in [0.1, 0.15) is 11.9 Å². The lowest BCUT2D eigenvalue weighted by Crippen LogP contribution is -2.40. The molecule has 0 bridgehead atoms. The number of nitrogens with one attached hydrogen (secondary N) is 1. The fraction of sp³-hybridized carbons (Fsp3) is 0.480. The van der Waals surface area contributed by atoms with Crippen LogP contribution in [-0.4, -0.2) is 68.6 Å². The Balaban J connectivity index is 1.46. The van der Waals surface area contributed by atoms with E-state index in [1.165, 1.54) is 5.56 Å². The number of benzene rings is 2. The van der Waals surface area contributed by atoms with Crippen LogP contribution in [0.15, 0.2) is 48.5 Å². The van der Waals surface area contributed by atoms with Crippen molar-refractivity contribution in [2.75, 3.05) is 46.8 Å². The van der Waals surface area contributed by atoms with Crippen molar-refractivity contribution in [1.29, 1.82) is 0 Å². The number of rotatable bonds is 9. The highest BCUT2D eigenvalue weighted by atomic mass is 35.5. The molecule has 2 aromatic rings. The zero-order valence-corrected chi connectivity index (χ0v) is 19.6. The number of carbonyl (C=O) groups is 1. The number of amides is 1. The van der Waals surface area contributed by atoms with Gasteiger partial charge in [0.15, 0.2) is 0 Å². The summed E-state index contributed by atoms with van der Waals surface area (Å²) in [6.07, 6.45) is 2.11. The fourth-order valence-corrected chi connectivity index (χ4v) is 4.12. The van der Waals surface area contributed by atoms with Gasteiger partial charge in [0.05, 0.1) is 5.02 Å². The number of piperidine rings is 1. The van der Waals surface area contributed by atoms with Crippen molar-refractivity contribution < 1.29 is 9.53 Å². The molecule has 0 aliphatic carbocycles. The van der Waals surface area contributed by atoms with Crippen molar-refractivity contribution in [2.45, 2.75) is 31.8 Å². The summed E-state index contributed by atoms with van der Waals surface area (Å²) < 4.78 is 6.17. The van der Waals surface area contributed by atoms with Gasteiger partial charge in [-0.3, -0.25) is 4.79 Å². The molecule has 1 aliphatic heterocycles. The molecule has 1 aliphatic rings. The average molecular weight is 444 g/mol. The predicted molar refractivity (Wildman–Crippen MR) is 127 cm³/mol. The first kappa shape index (κ1) is 23.6. The normalized spacial score (nSPS) is 16.3. The lowest BCUT2D eigenvalue weighted by atomic mass is 9.99. The first-order valence-electron chi connectivity index (χ1n) is 11.1. The van der Waals surface area contributed by atoms with E-state index in [4.69, 9.17) is 16.3 Å². The fourth-order valence-electron chi connectivity index (χ4n) is 3.90. The number of halogens is 1. The largest absolute Gasteiger partial charge is 0.489 e. The summed E-state index contributed by atoms with van der Waals surface area (Å²) in [5, 5.41) is 3.39. The van der Waals surface area contributed by atoms with Crippen LogP contribution in [0.2, 0.25) is 5.02 Å². The molecular formula is C25H34ClN3O2. The molecule has 1 amide bonds. The minimum absolute atomic E-state index is 0.115. The van der Waals surface area contributed by atoms with E-state index in [0.717, 1.165) is 39.0 Å². The third kappa shape index (κ3) is 7.23. The van der Waals surface area contributed by atoms with Crippen molar-refractivity contribution in [3.8, 4) is 5.75 Å². The molecule has 168 valence electrons. The van der Waals surface area contributed by atoms with E-state index in [9.17, 15) is 4.79 Å². The lowest BCUT2D eigenvalue weighted by Gasteiger charge is -2.34. The summed E-state index contributed by atoms with van der Waals surface area (Å²) in [5.41, 5.74) is 1.94. The highest BCUT2D eigenvalue weighted by Crippen LogP contribution is 2.29. The first-order valence-corrected chi connectivity index (χ1v) is 11.5. The third-order valence-electron chi connectivity index (χ3n) is 5.77. The van der Waals surface area contributed by atoms with Crippen LogP contribution in [0.5, 0.6) is 5.75 Å². The van der Waals surface area contributed by atoms with E-state index in [-0.39, 0.29) is 12.0 Å². The molecule has 1 atom stereocenters. The number of nitrogens with zero attached hydrogens (tertiary/aromatic N) is 2. The maximum Gasteiger partial charge on any atom is 0.251 e. The van der Waals surface area contributed by atoms with E-state index >= 15 is 0 Å². The predicted octanol–water partition coefficient (Wildman–Crippen LogP) is 4.28. The molecule has 0 spiro atoms. The minimum Gasteiger partial charge on any atom is -0.489 e. The van der Waals surface area contributed by atoms with Crippen LogP contribution in [-0.2, 0) is 0 Å². The zero-order chi connectivity index (χ0) is 22.2. The number of carbonyl (C=O) groups excluding carboxylic acids is 1. The highest BCUT2D eigenvalue weighted by molar-refractivity contribution is 6.32. The van der Waals surface area contributed by atoms with Gasteiger partial charge in [-0.25, -0.2) is 0 Å². The number of ether oxygens (including phenoxy) is 1. The van der Waals surface area contributed by atoms with E-state index < -0.39 is 0 Å². The molecule has 0 saturated carbocycles. The van der Waals surface area contributed by atoms with Crippen molar-refractivity contribution in [3.05, 3.63) is 64.7 Å². The summed E-state index contributed by atoms with van der Waals surface area (Å²) >= 11 is 6.42. The standard InChI is InChI=1S/C25H34ClN3O2/c1-19(20-7-5-4-6-8-20)18-29-14-11-22(12-15-29)31-24-10-9-21(17-23(24)26)25(30)27-13-16-28(2)3/h4-10,17,19,22H,11-16,18H2,1-3H3,(H,27,30)/t19-/m0/s1. The second kappa shape index (κ2) is 11.5. The zero-order valence-electron chi connectivity index (χ0n) is 18.8. The molecule has 1 heterocycles. The number of hydrogen-bond acceptors (Lipinski definition) is 4. The average Bonchev–Trinajstić information content (AvgIpc) is 2.76. The summed E-state index contributed by atoms with van der Waals surface area (Å²) in [6, 6.07) is 16.0. The maximum absolute atomic E-state index is 12.3. The molecule has 1 fully saturated rings. The van der Waals surface area contributed by atoms with Gasteiger partial charge >= 0.3 is 0 Å². The van der Waals surface area contributed by atoms with Gasteiger partial charge < -0.3 is 19.9 Å². The maximum atomic E-state index is 12.3. The van der Waals surface area contributed by atoms with Crippen LogP contribution in [0, 0.1) is 0 Å². The van der Waals surface area contributed by atoms with Gasteiger partial charge in [-0.15, -0.1) is 0 Å². The van der Waals surface area contributed by atoms with Gasteiger partial charge in [0.25, 0.3) is 5.91 Å². The second-order valence-electron chi connectivity index (χ2n) is 8.63. The summed E-state index contributed by atoms with van der Waals surface area (Å²) in [4.78, 5) is 16.8. The summed E-state index contributed by atoms with van der Waals surface area (Å²) in [7, 11) is 3.95. The summed E-state index contributed by atoms with van der Waals surface area (Å²) in [5.74, 6) is 1.06. The lowest BCUT2D eigenvalue weighted by molar-refractivity contribution is 0.0949. The molecule has 6 heteroatoms. The van der Waals surface area contributed by atoms with Crippen LogP contribution in [0.1, 0.15) is 41.6 Å². The molecule has 0 radical (unpaired) electrons. The Kier molecular flexibility index (Phi) is 8.76. The van der Waals surface area contributed by atoms with Gasteiger partial charge in [-0.2, -0.15) is 0 Å². The van der Waals surface area contributed by atoms with Crippen LogP contribution >= 0.6 is 11.6 Å². The Labute approximate surface area is 191 Å². The number of hydrogen-bond donors (Lipinski definition) is 1. The smallest absolute Gasteiger partial charge is 0.251 e. The van der Waals surface area contributed by atoms with Crippen molar-refractivity contribution in [2.24, 2.45) is 0 Å². The molecule has 1 saturated heterocycles. The van der Waals surface area contributed by atoms with Gasteiger partial charge in [-0.05, 0) is 56.6 Å². The van der Waals surface area contributed by atoms with E-state index in [1.807, 2.05) is 25.1 Å². The Hall–Kier alpha value is -2.08. The third-order valence-corrected chi connectivity index (χ3v) is 6.06. The van der Waals surface area contributed by atoms with E-state index in [0.29, 0.717) is 28.8 Å². The number of likely N-dealkylation sites (N-methyl/N-ethyl adjacent to an activating group) is 1. The molecule has 0 aromatic heterocycles. The molecule has 3 rings (SSSR count). The van der Waals surface area contributed by atoms with E-state index in [1.54, 1.807) is 12.1 Å². The number of likely N-dealkylation sites (tertiary alicyclic amines) is 1. The molecule has 0 unspecified atom stereocenters. The molecule has 5 nitrogen and oxygen atoms in total. The van der Waals surface area contributed by atoms with Gasteiger partial charge in [0.2, 0.25) is 0 Å². The molecule has 1 N–H and O–H groups in total. The minimum atomic E-state index is -0.115.